The second-order valence-electron chi connectivity index (χ2n) is 4.11. The number of nitrogens with one attached hydrogen (secondary N) is 1. The van der Waals surface area contributed by atoms with Crippen LogP contribution in [0.4, 0.5) is 0 Å². The summed E-state index contributed by atoms with van der Waals surface area (Å²) >= 11 is 0. The number of hydrogen-bond donors (Lipinski definition) is 1. The highest BCUT2D eigenvalue weighted by Gasteiger charge is 2.40. The first kappa shape index (κ1) is 7.56. The van der Waals surface area contributed by atoms with Crippen LogP contribution in [0.5, 0.6) is 0 Å². The first-order valence-electron chi connectivity index (χ1n) is 4.75. The average molecular weight is 154 g/mol. The molecule has 11 heavy (non-hydrogen) atoms. The molecule has 2 heterocycles. The second-order valence-corrected chi connectivity index (χ2v) is 4.11. The van der Waals surface area contributed by atoms with Gasteiger partial charge in [0.15, 0.2) is 0 Å². The third kappa shape index (κ3) is 1.18. The molecular formula is C9H18N2. The predicted octanol–water partition coefficient (Wildman–Crippen LogP) is 0.688. The molecule has 2 fully saturated rings. The SMILES string of the molecule is CC(C)N1C[C@H]2CCNC[C@H]21. The lowest BCUT2D eigenvalue weighted by Gasteiger charge is -2.53. The summed E-state index contributed by atoms with van der Waals surface area (Å²) < 4.78 is 0. The number of piperidine rings is 1. The molecule has 2 rings (SSSR count). The Balaban J connectivity index is 1.91. The van der Waals surface area contributed by atoms with Crippen molar-refractivity contribution in [1.82, 2.24) is 10.2 Å². The highest BCUT2D eigenvalue weighted by Crippen LogP contribution is 2.30. The molecule has 0 amide bonds. The number of hydrogen-bond acceptors (Lipinski definition) is 2. The first-order valence-corrected chi connectivity index (χ1v) is 4.75. The van der Waals surface area contributed by atoms with E-state index in [-0.39, 0.29) is 0 Å². The van der Waals surface area contributed by atoms with Crippen molar-refractivity contribution in [3.63, 3.8) is 0 Å². The van der Waals surface area contributed by atoms with E-state index in [1.165, 1.54) is 26.1 Å². The van der Waals surface area contributed by atoms with Crippen LogP contribution in [0.1, 0.15) is 20.3 Å². The van der Waals surface area contributed by atoms with Gasteiger partial charge in [0.05, 0.1) is 0 Å². The zero-order chi connectivity index (χ0) is 7.84. The molecule has 2 heteroatoms. The van der Waals surface area contributed by atoms with E-state index in [1.807, 2.05) is 0 Å². The second kappa shape index (κ2) is 2.76. The molecule has 2 atom stereocenters. The molecule has 0 bridgehead atoms. The Morgan fingerprint density at radius 3 is 2.91 bits per heavy atom. The molecule has 1 N–H and O–H groups in total. The molecule has 0 aliphatic carbocycles. The van der Waals surface area contributed by atoms with Gasteiger partial charge < -0.3 is 5.32 Å². The van der Waals surface area contributed by atoms with Crippen molar-refractivity contribution in [3.05, 3.63) is 0 Å². The van der Waals surface area contributed by atoms with Crippen molar-refractivity contribution >= 4 is 0 Å². The van der Waals surface area contributed by atoms with E-state index < -0.39 is 0 Å². The van der Waals surface area contributed by atoms with Crippen LogP contribution in [0, 0.1) is 5.92 Å². The van der Waals surface area contributed by atoms with Gasteiger partial charge >= 0.3 is 0 Å². The molecule has 2 saturated heterocycles. The molecule has 0 radical (unpaired) electrons. The van der Waals surface area contributed by atoms with Crippen molar-refractivity contribution in [1.29, 1.82) is 0 Å². The summed E-state index contributed by atoms with van der Waals surface area (Å²) in [5, 5.41) is 3.46. The lowest BCUT2D eigenvalue weighted by molar-refractivity contribution is -0.0281. The minimum atomic E-state index is 0.746. The van der Waals surface area contributed by atoms with Gasteiger partial charge in [-0.3, -0.25) is 4.90 Å². The Kier molecular flexibility index (Phi) is 1.90. The van der Waals surface area contributed by atoms with E-state index >= 15 is 0 Å². The fourth-order valence-electron chi connectivity index (χ4n) is 2.36. The minimum absolute atomic E-state index is 0.746. The molecule has 2 aliphatic rings. The normalized spacial score (nSPS) is 38.5. The first-order chi connectivity index (χ1) is 5.29. The summed E-state index contributed by atoms with van der Waals surface area (Å²) in [6.45, 7) is 8.41. The van der Waals surface area contributed by atoms with Gasteiger partial charge in [0.1, 0.15) is 0 Å². The van der Waals surface area contributed by atoms with Gasteiger partial charge in [-0.15, -0.1) is 0 Å². The van der Waals surface area contributed by atoms with Gasteiger partial charge in [0.25, 0.3) is 0 Å². The van der Waals surface area contributed by atoms with E-state index in [1.54, 1.807) is 0 Å². The van der Waals surface area contributed by atoms with Crippen LogP contribution in [0.25, 0.3) is 0 Å². The highest BCUT2D eigenvalue weighted by atomic mass is 15.3. The van der Waals surface area contributed by atoms with Gasteiger partial charge in [0, 0.05) is 25.2 Å². The van der Waals surface area contributed by atoms with Gasteiger partial charge in [-0.05, 0) is 32.7 Å². The van der Waals surface area contributed by atoms with Crippen molar-refractivity contribution in [2.45, 2.75) is 32.4 Å². The zero-order valence-corrected chi connectivity index (χ0v) is 7.51. The maximum atomic E-state index is 3.46. The van der Waals surface area contributed by atoms with Crippen LogP contribution < -0.4 is 5.32 Å². The summed E-state index contributed by atoms with van der Waals surface area (Å²) in [4.78, 5) is 2.61. The summed E-state index contributed by atoms with van der Waals surface area (Å²) in [6, 6.07) is 1.61. The molecule has 0 aromatic carbocycles. The van der Waals surface area contributed by atoms with Gasteiger partial charge in [-0.2, -0.15) is 0 Å². The maximum Gasteiger partial charge on any atom is 0.0264 e. The maximum absolute atomic E-state index is 3.46. The van der Waals surface area contributed by atoms with Crippen LogP contribution in [0.2, 0.25) is 0 Å². The standard InChI is InChI=1S/C9H18N2/c1-7(2)11-6-8-3-4-10-5-9(8)11/h7-10H,3-6H2,1-2H3/t8-,9-/m1/s1. The van der Waals surface area contributed by atoms with E-state index in [9.17, 15) is 0 Å². The molecule has 0 saturated carbocycles. The number of rotatable bonds is 1. The largest absolute Gasteiger partial charge is 0.315 e. The topological polar surface area (TPSA) is 15.3 Å². The van der Waals surface area contributed by atoms with Crippen molar-refractivity contribution in [2.75, 3.05) is 19.6 Å². The third-order valence-corrected chi connectivity index (χ3v) is 3.12. The van der Waals surface area contributed by atoms with Crippen LogP contribution in [0.15, 0.2) is 0 Å². The summed E-state index contributed by atoms with van der Waals surface area (Å²) in [5.74, 6) is 1.01. The Morgan fingerprint density at radius 1 is 1.45 bits per heavy atom. The van der Waals surface area contributed by atoms with Gasteiger partial charge in [0.2, 0.25) is 0 Å². The van der Waals surface area contributed by atoms with Crippen molar-refractivity contribution in [2.24, 2.45) is 5.92 Å². The molecule has 0 aromatic rings. The fraction of sp³-hybridized carbons (Fsp3) is 1.00. The zero-order valence-electron chi connectivity index (χ0n) is 7.51. The number of likely N-dealkylation sites (tertiary alicyclic amines) is 1. The lowest BCUT2D eigenvalue weighted by Crippen LogP contribution is -2.65. The van der Waals surface area contributed by atoms with E-state index in [0.29, 0.717) is 0 Å². The van der Waals surface area contributed by atoms with Crippen LogP contribution in [-0.4, -0.2) is 36.6 Å². The molecule has 2 nitrogen and oxygen atoms in total. The van der Waals surface area contributed by atoms with Crippen LogP contribution in [0.3, 0.4) is 0 Å². The van der Waals surface area contributed by atoms with Gasteiger partial charge in [-0.1, -0.05) is 0 Å². The predicted molar refractivity (Wildman–Crippen MR) is 46.6 cm³/mol. The minimum Gasteiger partial charge on any atom is -0.315 e. The smallest absolute Gasteiger partial charge is 0.0264 e. The fourth-order valence-corrected chi connectivity index (χ4v) is 2.36. The Hall–Kier alpha value is -0.0800. The summed E-state index contributed by atoms with van der Waals surface area (Å²) in [6.07, 6.45) is 1.40. The molecule has 2 aliphatic heterocycles. The van der Waals surface area contributed by atoms with Gasteiger partial charge in [-0.25, -0.2) is 0 Å². The highest BCUT2D eigenvalue weighted by molar-refractivity contribution is 4.97. The van der Waals surface area contributed by atoms with E-state index in [4.69, 9.17) is 0 Å². The van der Waals surface area contributed by atoms with E-state index in [0.717, 1.165) is 18.0 Å². The molecular weight excluding hydrogens is 136 g/mol. The number of nitrogens with zero attached hydrogens (tertiary/aromatic N) is 1. The Labute approximate surface area is 69.0 Å². The van der Waals surface area contributed by atoms with Crippen LogP contribution >= 0.6 is 0 Å². The molecule has 0 unspecified atom stereocenters. The lowest BCUT2D eigenvalue weighted by atomic mass is 9.82. The molecule has 0 spiro atoms. The Bertz CT molecular complexity index is 144. The quantitative estimate of drug-likeness (QED) is 0.598. The summed E-state index contributed by atoms with van der Waals surface area (Å²) in [5.41, 5.74) is 0. The monoisotopic (exact) mass is 154 g/mol. The molecule has 64 valence electrons. The third-order valence-electron chi connectivity index (χ3n) is 3.12. The van der Waals surface area contributed by atoms with Crippen molar-refractivity contribution < 1.29 is 0 Å². The molecule has 0 aromatic heterocycles. The van der Waals surface area contributed by atoms with Crippen molar-refractivity contribution in [3.8, 4) is 0 Å². The number of fused-ring (bicyclic) bond motifs is 1. The summed E-state index contributed by atoms with van der Waals surface area (Å²) in [7, 11) is 0. The Morgan fingerprint density at radius 2 is 2.27 bits per heavy atom. The average Bonchev–Trinajstić information content (AvgIpc) is 1.90. The van der Waals surface area contributed by atoms with Crippen LogP contribution in [-0.2, 0) is 0 Å². The van der Waals surface area contributed by atoms with E-state index in [2.05, 4.69) is 24.1 Å².